The first-order valence-electron chi connectivity index (χ1n) is 7.22. The summed E-state index contributed by atoms with van der Waals surface area (Å²) in [6.45, 7) is 9.15. The molecule has 0 aliphatic carbocycles. The van der Waals surface area contributed by atoms with Crippen molar-refractivity contribution >= 4 is 11.8 Å². The third-order valence-corrected chi connectivity index (χ3v) is 2.95. The van der Waals surface area contributed by atoms with E-state index in [9.17, 15) is 0 Å². The zero-order valence-electron chi connectivity index (χ0n) is 13.5. The molecule has 2 rings (SSSR count). The maximum absolute atomic E-state index is 4.62. The van der Waals surface area contributed by atoms with Gasteiger partial charge in [0.2, 0.25) is 5.95 Å². The van der Waals surface area contributed by atoms with Crippen LogP contribution in [0.3, 0.4) is 0 Å². The van der Waals surface area contributed by atoms with Gasteiger partial charge >= 0.3 is 0 Å². The molecule has 0 spiro atoms. The molecule has 0 atom stereocenters. The van der Waals surface area contributed by atoms with Crippen LogP contribution < -0.4 is 10.2 Å². The molecule has 0 aliphatic rings. The molecule has 4 heteroatoms. The summed E-state index contributed by atoms with van der Waals surface area (Å²) in [4.78, 5) is 11.2. The van der Waals surface area contributed by atoms with Crippen LogP contribution in [-0.2, 0) is 6.54 Å². The summed E-state index contributed by atoms with van der Waals surface area (Å²) in [5.41, 5.74) is 2.19. The van der Waals surface area contributed by atoms with Gasteiger partial charge in [-0.1, -0.05) is 30.3 Å². The Bertz CT molecular complexity index is 587. The minimum absolute atomic E-state index is 0.0178. The Labute approximate surface area is 127 Å². The normalized spacial score (nSPS) is 11.3. The number of benzene rings is 1. The lowest BCUT2D eigenvalue weighted by Gasteiger charge is -2.23. The van der Waals surface area contributed by atoms with Crippen molar-refractivity contribution in [1.82, 2.24) is 9.97 Å². The van der Waals surface area contributed by atoms with Crippen molar-refractivity contribution in [3.05, 3.63) is 47.7 Å². The number of hydrogen-bond acceptors (Lipinski definition) is 4. The van der Waals surface area contributed by atoms with Crippen molar-refractivity contribution in [2.75, 3.05) is 17.3 Å². The third kappa shape index (κ3) is 4.74. The zero-order chi connectivity index (χ0) is 15.5. The van der Waals surface area contributed by atoms with E-state index in [1.54, 1.807) is 0 Å². The van der Waals surface area contributed by atoms with Gasteiger partial charge in [0.05, 0.1) is 0 Å². The lowest BCUT2D eigenvalue weighted by atomic mass is 10.1. The summed E-state index contributed by atoms with van der Waals surface area (Å²) in [5, 5.41) is 3.40. The van der Waals surface area contributed by atoms with Gasteiger partial charge < -0.3 is 10.2 Å². The Morgan fingerprint density at radius 2 is 1.76 bits per heavy atom. The Morgan fingerprint density at radius 3 is 2.38 bits per heavy atom. The lowest BCUT2D eigenvalue weighted by Crippen LogP contribution is -2.27. The van der Waals surface area contributed by atoms with Crippen LogP contribution in [0.4, 0.5) is 11.8 Å². The predicted molar refractivity (Wildman–Crippen MR) is 88.7 cm³/mol. The Hall–Kier alpha value is -2.10. The van der Waals surface area contributed by atoms with E-state index < -0.39 is 0 Å². The molecule has 0 aliphatic heterocycles. The van der Waals surface area contributed by atoms with Gasteiger partial charge in [-0.2, -0.15) is 4.98 Å². The first-order chi connectivity index (χ1) is 9.83. The number of nitrogens with one attached hydrogen (secondary N) is 1. The van der Waals surface area contributed by atoms with E-state index in [2.05, 4.69) is 53.1 Å². The molecule has 0 saturated heterocycles. The molecule has 0 fully saturated rings. The number of aryl methyl sites for hydroxylation is 1. The second-order valence-electron chi connectivity index (χ2n) is 6.41. The van der Waals surface area contributed by atoms with Crippen LogP contribution in [-0.4, -0.2) is 22.6 Å². The monoisotopic (exact) mass is 284 g/mol. The minimum Gasteiger partial charge on any atom is -0.365 e. The van der Waals surface area contributed by atoms with E-state index in [1.807, 2.05) is 38.2 Å². The van der Waals surface area contributed by atoms with Gasteiger partial charge in [-0.25, -0.2) is 4.98 Å². The molecule has 21 heavy (non-hydrogen) atoms. The van der Waals surface area contributed by atoms with Gasteiger partial charge in [0.25, 0.3) is 0 Å². The smallest absolute Gasteiger partial charge is 0.227 e. The van der Waals surface area contributed by atoms with Crippen LogP contribution in [0.2, 0.25) is 0 Å². The molecule has 1 aromatic carbocycles. The van der Waals surface area contributed by atoms with E-state index in [0.29, 0.717) is 0 Å². The Morgan fingerprint density at radius 1 is 1.10 bits per heavy atom. The molecule has 1 N–H and O–H groups in total. The van der Waals surface area contributed by atoms with Crippen molar-refractivity contribution in [1.29, 1.82) is 0 Å². The molecule has 0 radical (unpaired) electrons. The molecule has 112 valence electrons. The molecular weight excluding hydrogens is 260 g/mol. The van der Waals surface area contributed by atoms with Crippen LogP contribution in [0.5, 0.6) is 0 Å². The van der Waals surface area contributed by atoms with Gasteiger partial charge in [-0.05, 0) is 33.3 Å². The molecule has 1 aromatic heterocycles. The molecular formula is C17H24N4. The van der Waals surface area contributed by atoms with Gasteiger partial charge in [0.1, 0.15) is 5.82 Å². The second kappa shape index (κ2) is 6.12. The van der Waals surface area contributed by atoms with E-state index in [4.69, 9.17) is 0 Å². The second-order valence-corrected chi connectivity index (χ2v) is 6.41. The average Bonchev–Trinajstić information content (AvgIpc) is 2.37. The molecule has 0 amide bonds. The highest BCUT2D eigenvalue weighted by Crippen LogP contribution is 2.18. The van der Waals surface area contributed by atoms with Crippen molar-refractivity contribution in [2.24, 2.45) is 0 Å². The SMILES string of the molecule is Cc1cc(NC(C)(C)C)nc(N(C)Cc2ccccc2)n1. The number of anilines is 2. The van der Waals surface area contributed by atoms with Crippen molar-refractivity contribution < 1.29 is 0 Å². The van der Waals surface area contributed by atoms with Crippen LogP contribution in [0.15, 0.2) is 36.4 Å². The van der Waals surface area contributed by atoms with Crippen LogP contribution in [0.1, 0.15) is 32.0 Å². The zero-order valence-corrected chi connectivity index (χ0v) is 13.5. The summed E-state index contributed by atoms with van der Waals surface area (Å²) < 4.78 is 0. The predicted octanol–water partition coefficient (Wildman–Crippen LogP) is 3.63. The van der Waals surface area contributed by atoms with Crippen LogP contribution in [0.25, 0.3) is 0 Å². The number of rotatable bonds is 4. The maximum atomic E-state index is 4.62. The van der Waals surface area contributed by atoms with Gasteiger partial charge in [-0.3, -0.25) is 0 Å². The highest BCUT2D eigenvalue weighted by atomic mass is 15.2. The lowest BCUT2D eigenvalue weighted by molar-refractivity contribution is 0.629. The van der Waals surface area contributed by atoms with Gasteiger partial charge in [0.15, 0.2) is 0 Å². The van der Waals surface area contributed by atoms with Crippen molar-refractivity contribution in [2.45, 2.75) is 39.8 Å². The number of nitrogens with zero attached hydrogens (tertiary/aromatic N) is 3. The van der Waals surface area contributed by atoms with E-state index in [0.717, 1.165) is 24.0 Å². The van der Waals surface area contributed by atoms with Gasteiger partial charge in [-0.15, -0.1) is 0 Å². The molecule has 4 nitrogen and oxygen atoms in total. The Kier molecular flexibility index (Phi) is 4.46. The first-order valence-corrected chi connectivity index (χ1v) is 7.22. The summed E-state index contributed by atoms with van der Waals surface area (Å²) in [7, 11) is 2.02. The molecule has 0 bridgehead atoms. The standard InChI is InChI=1S/C17H24N4/c1-13-11-15(20-17(2,3)4)19-16(18-13)21(5)12-14-9-7-6-8-10-14/h6-11H,12H2,1-5H3,(H,18,19,20). The minimum atomic E-state index is -0.0178. The quantitative estimate of drug-likeness (QED) is 0.930. The summed E-state index contributed by atoms with van der Waals surface area (Å²) in [6, 6.07) is 12.3. The number of aromatic nitrogens is 2. The largest absolute Gasteiger partial charge is 0.365 e. The fourth-order valence-electron chi connectivity index (χ4n) is 2.10. The summed E-state index contributed by atoms with van der Waals surface area (Å²) in [6.07, 6.45) is 0. The van der Waals surface area contributed by atoms with E-state index >= 15 is 0 Å². The molecule has 2 aromatic rings. The molecule has 1 heterocycles. The number of hydrogen-bond donors (Lipinski definition) is 1. The van der Waals surface area contributed by atoms with Gasteiger partial charge in [0, 0.05) is 30.9 Å². The van der Waals surface area contributed by atoms with E-state index in [1.165, 1.54) is 5.56 Å². The fourth-order valence-corrected chi connectivity index (χ4v) is 2.10. The highest BCUT2D eigenvalue weighted by molar-refractivity contribution is 5.45. The summed E-state index contributed by atoms with van der Waals surface area (Å²) in [5.74, 6) is 1.61. The maximum Gasteiger partial charge on any atom is 0.227 e. The molecule has 0 saturated carbocycles. The first kappa shape index (κ1) is 15.3. The van der Waals surface area contributed by atoms with E-state index in [-0.39, 0.29) is 5.54 Å². The average molecular weight is 284 g/mol. The topological polar surface area (TPSA) is 41.1 Å². The fraction of sp³-hybridized carbons (Fsp3) is 0.412. The van der Waals surface area contributed by atoms with Crippen molar-refractivity contribution in [3.8, 4) is 0 Å². The molecule has 0 unspecified atom stereocenters. The third-order valence-electron chi connectivity index (χ3n) is 2.95. The van der Waals surface area contributed by atoms with Crippen molar-refractivity contribution in [3.63, 3.8) is 0 Å². The Balaban J connectivity index is 2.19. The highest BCUT2D eigenvalue weighted by Gasteiger charge is 2.13. The summed E-state index contributed by atoms with van der Waals surface area (Å²) >= 11 is 0. The van der Waals surface area contributed by atoms with Crippen LogP contribution in [0, 0.1) is 6.92 Å². The van der Waals surface area contributed by atoms with Crippen LogP contribution >= 0.6 is 0 Å².